The summed E-state index contributed by atoms with van der Waals surface area (Å²) in [7, 11) is -7.75. The number of imide groups is 1. The second-order valence-electron chi connectivity index (χ2n) is 16.8. The molecule has 1 unspecified atom stereocenters. The Bertz CT molecular complexity index is 1950. The molecule has 0 spiro atoms. The summed E-state index contributed by atoms with van der Waals surface area (Å²) in [6.45, 7) is 7.24. The third-order valence-electron chi connectivity index (χ3n) is 10.9. The highest BCUT2D eigenvalue weighted by molar-refractivity contribution is 7.92. The van der Waals surface area contributed by atoms with E-state index in [9.17, 15) is 36.6 Å². The van der Waals surface area contributed by atoms with Gasteiger partial charge in [-0.25, -0.2) is 26.5 Å². The molecule has 1 aliphatic carbocycles. The largest absolute Gasteiger partial charge is 0.389 e. The van der Waals surface area contributed by atoms with E-state index in [4.69, 9.17) is 4.74 Å². The lowest BCUT2D eigenvalue weighted by molar-refractivity contribution is -0.134. The third-order valence-corrected chi connectivity index (χ3v) is 15.1. The molecule has 0 saturated heterocycles. The predicted octanol–water partition coefficient (Wildman–Crippen LogP) is 4.05. The Labute approximate surface area is 350 Å². The van der Waals surface area contributed by atoms with Crippen molar-refractivity contribution in [3.8, 4) is 0 Å². The van der Waals surface area contributed by atoms with Crippen LogP contribution in [-0.4, -0.2) is 95.5 Å². The second kappa shape index (κ2) is 22.9. The molecule has 328 valence electrons. The van der Waals surface area contributed by atoms with Gasteiger partial charge >= 0.3 is 0 Å². The van der Waals surface area contributed by atoms with Crippen molar-refractivity contribution >= 4 is 31.7 Å². The molecular weight excluding hydrogens is 795 g/mol. The lowest BCUT2D eigenvalue weighted by Gasteiger charge is -2.34. The molecule has 59 heavy (non-hydrogen) atoms. The lowest BCUT2D eigenvalue weighted by Crippen LogP contribution is -2.58. The van der Waals surface area contributed by atoms with Crippen LogP contribution in [0.4, 0.5) is 0 Å². The standard InChI is InChI=1S/C43H65N5O9S2/c1-5-6-22-45-59(55,56)29-39(49)40(50)37(24-33-18-12-8-13-19-33)46-38(25-36-26-44-30-48(36)31-57-27-34-20-14-9-15-21-34)42(52)47-41(51)35(23-32-16-10-7-11-17-32)28-58(53,54)43(2,3)4/h7,9-11,14-17,20-21,26,30,33,35,37-40,45-46,49-50H,5-6,8,12-13,18-19,22-25,27-29,31H2,1-4H3,(H,47,51,52)/t35?,37-,38-,39-,40+/m0/s1. The summed E-state index contributed by atoms with van der Waals surface area (Å²) in [4.78, 5) is 32.8. The fraction of sp³-hybridized carbons (Fsp3) is 0.605. The molecule has 1 heterocycles. The first-order valence-corrected chi connectivity index (χ1v) is 24.1. The highest BCUT2D eigenvalue weighted by Crippen LogP contribution is 2.29. The molecule has 5 atom stereocenters. The molecule has 14 nitrogen and oxygen atoms in total. The van der Waals surface area contributed by atoms with Gasteiger partial charge in [-0.3, -0.25) is 14.9 Å². The summed E-state index contributed by atoms with van der Waals surface area (Å²) in [5, 5.41) is 28.7. The molecule has 5 N–H and O–H groups in total. The molecule has 1 aliphatic rings. The number of sulfonamides is 1. The maximum atomic E-state index is 14.5. The van der Waals surface area contributed by atoms with Crippen molar-refractivity contribution in [2.75, 3.05) is 18.1 Å². The number of carbonyl (C=O) groups is 2. The smallest absolute Gasteiger partial charge is 0.244 e. The number of aliphatic hydroxyl groups is 2. The quantitative estimate of drug-likeness (QED) is 0.0813. The average molecular weight is 860 g/mol. The molecule has 16 heteroatoms. The Morgan fingerprint density at radius 2 is 1.54 bits per heavy atom. The second-order valence-corrected chi connectivity index (χ2v) is 21.4. The number of nitrogens with zero attached hydrogens (tertiary/aromatic N) is 2. The molecule has 2 amide bonds. The lowest BCUT2D eigenvalue weighted by atomic mass is 9.83. The van der Waals surface area contributed by atoms with Gasteiger partial charge < -0.3 is 24.8 Å². The first-order valence-electron chi connectivity index (χ1n) is 20.8. The fourth-order valence-electron chi connectivity index (χ4n) is 7.26. The van der Waals surface area contributed by atoms with Crippen molar-refractivity contribution in [1.29, 1.82) is 0 Å². The molecule has 0 radical (unpaired) electrons. The molecule has 0 bridgehead atoms. The number of sulfone groups is 1. The van der Waals surface area contributed by atoms with E-state index in [0.717, 1.165) is 49.7 Å². The first-order chi connectivity index (χ1) is 28.0. The molecule has 3 aromatic rings. The summed E-state index contributed by atoms with van der Waals surface area (Å²) < 4.78 is 61.7. The Balaban J connectivity index is 1.65. The van der Waals surface area contributed by atoms with Crippen molar-refractivity contribution in [2.24, 2.45) is 11.8 Å². The van der Waals surface area contributed by atoms with E-state index in [0.29, 0.717) is 25.1 Å². The highest BCUT2D eigenvalue weighted by Gasteiger charge is 2.38. The van der Waals surface area contributed by atoms with E-state index >= 15 is 0 Å². The van der Waals surface area contributed by atoms with Gasteiger partial charge in [-0.05, 0) is 57.1 Å². The number of hydrogen-bond donors (Lipinski definition) is 5. The highest BCUT2D eigenvalue weighted by atomic mass is 32.2. The van der Waals surface area contributed by atoms with Gasteiger partial charge in [0.25, 0.3) is 0 Å². The van der Waals surface area contributed by atoms with Gasteiger partial charge in [0, 0.05) is 30.9 Å². The number of hydrogen-bond acceptors (Lipinski definition) is 11. The van der Waals surface area contributed by atoms with E-state index in [1.54, 1.807) is 62.1 Å². The van der Waals surface area contributed by atoms with Crippen LogP contribution in [-0.2, 0) is 60.4 Å². The Morgan fingerprint density at radius 3 is 2.17 bits per heavy atom. The average Bonchev–Trinajstić information content (AvgIpc) is 3.63. The molecule has 1 fully saturated rings. The van der Waals surface area contributed by atoms with Crippen LogP contribution in [0.1, 0.15) is 95.9 Å². The van der Waals surface area contributed by atoms with Crippen LogP contribution in [0.2, 0.25) is 0 Å². The zero-order valence-electron chi connectivity index (χ0n) is 35.0. The van der Waals surface area contributed by atoms with Crippen LogP contribution in [0, 0.1) is 11.8 Å². The Kier molecular flexibility index (Phi) is 18.7. The number of aliphatic hydroxyl groups excluding tert-OH is 2. The van der Waals surface area contributed by atoms with Crippen molar-refractivity contribution in [1.82, 2.24) is 24.9 Å². The number of amides is 2. The van der Waals surface area contributed by atoms with Gasteiger partial charge in [-0.1, -0.05) is 106 Å². The summed E-state index contributed by atoms with van der Waals surface area (Å²) in [6.07, 6.45) is 6.31. The van der Waals surface area contributed by atoms with E-state index in [2.05, 4.69) is 20.3 Å². The molecule has 4 rings (SSSR count). The van der Waals surface area contributed by atoms with E-state index in [1.807, 2.05) is 43.3 Å². The van der Waals surface area contributed by atoms with Crippen molar-refractivity contribution < 1.29 is 41.4 Å². The molecule has 0 aliphatic heterocycles. The minimum Gasteiger partial charge on any atom is -0.389 e. The van der Waals surface area contributed by atoms with Crippen LogP contribution in [0.15, 0.2) is 73.2 Å². The zero-order valence-corrected chi connectivity index (χ0v) is 36.6. The van der Waals surface area contributed by atoms with Crippen LogP contribution >= 0.6 is 0 Å². The predicted molar refractivity (Wildman–Crippen MR) is 228 cm³/mol. The minimum atomic E-state index is -3.95. The number of unbranched alkanes of at least 4 members (excludes halogenated alkanes) is 1. The van der Waals surface area contributed by atoms with Crippen molar-refractivity contribution in [2.45, 2.75) is 134 Å². The normalized spacial score (nSPS) is 16.8. The Hall–Kier alpha value is -3.51. The van der Waals surface area contributed by atoms with E-state index in [-0.39, 0.29) is 32.0 Å². The van der Waals surface area contributed by atoms with Crippen LogP contribution < -0.4 is 15.4 Å². The van der Waals surface area contributed by atoms with Crippen LogP contribution in [0.25, 0.3) is 0 Å². The molecular formula is C43H65N5O9S2. The molecule has 1 saturated carbocycles. The van der Waals surface area contributed by atoms with Gasteiger partial charge in [-0.2, -0.15) is 0 Å². The fourth-order valence-corrected chi connectivity index (χ4v) is 9.78. The van der Waals surface area contributed by atoms with Crippen molar-refractivity contribution in [3.05, 3.63) is 90.0 Å². The van der Waals surface area contributed by atoms with Gasteiger partial charge in [0.15, 0.2) is 9.84 Å². The monoisotopic (exact) mass is 859 g/mol. The van der Waals surface area contributed by atoms with Gasteiger partial charge in [0.05, 0.1) is 53.4 Å². The number of rotatable bonds is 24. The molecule has 2 aromatic carbocycles. The van der Waals surface area contributed by atoms with Gasteiger partial charge in [-0.15, -0.1) is 0 Å². The number of ether oxygens (including phenoxy) is 1. The van der Waals surface area contributed by atoms with Gasteiger partial charge in [0.1, 0.15) is 6.73 Å². The number of nitrogens with one attached hydrogen (secondary N) is 3. The zero-order chi connectivity index (χ0) is 43.1. The topological polar surface area (TPSA) is 206 Å². The van der Waals surface area contributed by atoms with Crippen LogP contribution in [0.3, 0.4) is 0 Å². The summed E-state index contributed by atoms with van der Waals surface area (Å²) in [5.74, 6) is -3.77. The number of aromatic nitrogens is 2. The summed E-state index contributed by atoms with van der Waals surface area (Å²) in [5.41, 5.74) is 2.25. The van der Waals surface area contributed by atoms with Gasteiger partial charge in [0.2, 0.25) is 21.8 Å². The number of carbonyl (C=O) groups excluding carboxylic acids is 2. The maximum absolute atomic E-state index is 14.5. The van der Waals surface area contributed by atoms with Crippen LogP contribution in [0.5, 0.6) is 0 Å². The maximum Gasteiger partial charge on any atom is 0.244 e. The Morgan fingerprint density at radius 1 is 0.898 bits per heavy atom. The first kappa shape index (κ1) is 48.2. The SMILES string of the molecule is CCCCNS(=O)(=O)C[C@H](O)[C@H](O)[C@H](CC1CCCCC1)N[C@@H](Cc1cncn1COCc1ccccc1)C(=O)NC(=O)C(Cc1ccccc1)CS(=O)(=O)C(C)(C)C. The minimum absolute atomic E-state index is 0.0433. The third kappa shape index (κ3) is 15.8. The molecule has 1 aromatic heterocycles. The van der Waals surface area contributed by atoms with Crippen molar-refractivity contribution in [3.63, 3.8) is 0 Å². The number of imidazole rings is 1. The number of benzene rings is 2. The summed E-state index contributed by atoms with van der Waals surface area (Å²) in [6, 6.07) is 16.4. The summed E-state index contributed by atoms with van der Waals surface area (Å²) >= 11 is 0. The van der Waals surface area contributed by atoms with E-state index in [1.165, 1.54) is 0 Å². The van der Waals surface area contributed by atoms with E-state index < -0.39 is 78.1 Å².